The smallest absolute Gasteiger partial charge is 0.330 e. The molecule has 34 heavy (non-hydrogen) atoms. The normalized spacial score (nSPS) is 11.8. The van der Waals surface area contributed by atoms with Crippen LogP contribution < -0.4 is 21.9 Å². The van der Waals surface area contributed by atoms with Crippen LogP contribution in [0.1, 0.15) is 34.2 Å². The molecular formula is C22H28F2N6O3S. The predicted octanol–water partition coefficient (Wildman–Crippen LogP) is 3.30. The van der Waals surface area contributed by atoms with E-state index in [1.807, 2.05) is 27.7 Å². The first kappa shape index (κ1) is 25.5. The lowest BCUT2D eigenvalue weighted by molar-refractivity contribution is -0.116. The second-order valence-electron chi connectivity index (χ2n) is 8.72. The first-order valence-electron chi connectivity index (χ1n) is 10.8. The highest BCUT2D eigenvalue weighted by Crippen LogP contribution is 2.30. The fourth-order valence-electron chi connectivity index (χ4n) is 3.58. The average molecular weight is 495 g/mol. The Hall–Kier alpha value is -3.15. The topological polar surface area (TPSA) is 119 Å². The summed E-state index contributed by atoms with van der Waals surface area (Å²) in [6.07, 6.45) is 0. The van der Waals surface area contributed by atoms with Gasteiger partial charge in [-0.25, -0.2) is 9.78 Å². The number of nitrogen functional groups attached to an aromatic ring is 1. The number of H-pyrrole nitrogens is 1. The molecule has 0 atom stereocenters. The zero-order valence-electron chi connectivity index (χ0n) is 19.4. The number of hydrogen-bond acceptors (Lipinski definition) is 6. The second-order valence-corrected chi connectivity index (χ2v) is 9.66. The molecule has 0 spiro atoms. The Morgan fingerprint density at radius 3 is 2.47 bits per heavy atom. The van der Waals surface area contributed by atoms with E-state index >= 15 is 0 Å². The lowest BCUT2D eigenvalue weighted by atomic mass is 10.2. The second kappa shape index (κ2) is 10.4. The van der Waals surface area contributed by atoms with Gasteiger partial charge in [0, 0.05) is 13.1 Å². The third-order valence-electron chi connectivity index (χ3n) is 4.96. The van der Waals surface area contributed by atoms with Gasteiger partial charge in [-0.15, -0.1) is 0 Å². The van der Waals surface area contributed by atoms with Crippen LogP contribution in [0.25, 0.3) is 11.0 Å². The number of hydrogen-bond donors (Lipinski definition) is 2. The summed E-state index contributed by atoms with van der Waals surface area (Å²) in [4.78, 5) is 45.9. The Bertz CT molecular complexity index is 1300. The summed E-state index contributed by atoms with van der Waals surface area (Å²) < 4.78 is 29.4. The molecule has 2 heterocycles. The number of carbonyl (C=O) groups is 1. The highest BCUT2D eigenvalue weighted by atomic mass is 32.2. The van der Waals surface area contributed by atoms with Crippen molar-refractivity contribution in [3.05, 3.63) is 45.1 Å². The molecule has 3 rings (SSSR count). The molecule has 0 bridgehead atoms. The first-order valence-corrected chi connectivity index (χ1v) is 11.8. The summed E-state index contributed by atoms with van der Waals surface area (Å²) in [5.74, 6) is -0.861. The number of fused-ring (bicyclic) bond motifs is 1. The minimum atomic E-state index is -2.84. The number of para-hydroxylation sites is 2. The van der Waals surface area contributed by atoms with Crippen LogP contribution in [0.3, 0.4) is 0 Å². The molecule has 1 aromatic carbocycles. The summed E-state index contributed by atoms with van der Waals surface area (Å²) >= 11 is 0.848. The number of aromatic amines is 1. The number of alkyl halides is 2. The van der Waals surface area contributed by atoms with E-state index in [0.29, 0.717) is 5.52 Å². The van der Waals surface area contributed by atoms with Crippen LogP contribution in [0, 0.1) is 11.8 Å². The molecule has 0 aliphatic heterocycles. The Morgan fingerprint density at radius 2 is 1.85 bits per heavy atom. The summed E-state index contributed by atoms with van der Waals surface area (Å²) in [5, 5.41) is -0.0132. The predicted molar refractivity (Wildman–Crippen MR) is 129 cm³/mol. The number of aromatic nitrogens is 4. The van der Waals surface area contributed by atoms with Crippen LogP contribution in [-0.2, 0) is 11.3 Å². The standard InChI is InChI=1S/C22H28F2N6O3S/c1-12(2)9-28(17-18(25)29(10-13(3)4)21(33)27-19(17)32)16(31)11-34-22-26-14-7-5-6-8-15(14)30(22)20(23)24/h5-8,12-13,20H,9-11,25H2,1-4H3,(H,27,32,33). The average Bonchev–Trinajstić information content (AvgIpc) is 3.12. The van der Waals surface area contributed by atoms with E-state index in [0.717, 1.165) is 16.3 Å². The number of rotatable bonds is 9. The van der Waals surface area contributed by atoms with Crippen LogP contribution in [0.5, 0.6) is 0 Å². The molecule has 0 unspecified atom stereocenters. The van der Waals surface area contributed by atoms with E-state index in [9.17, 15) is 23.2 Å². The van der Waals surface area contributed by atoms with Crippen LogP contribution in [0.15, 0.2) is 39.0 Å². The van der Waals surface area contributed by atoms with Crippen molar-refractivity contribution >= 4 is 40.2 Å². The van der Waals surface area contributed by atoms with Crippen LogP contribution in [0.2, 0.25) is 0 Å². The van der Waals surface area contributed by atoms with Gasteiger partial charge in [0.25, 0.3) is 5.56 Å². The molecule has 0 saturated carbocycles. The van der Waals surface area contributed by atoms with Crippen LogP contribution in [-0.4, -0.2) is 37.3 Å². The number of thioether (sulfide) groups is 1. The maximum atomic E-state index is 13.7. The Kier molecular flexibility index (Phi) is 7.80. The van der Waals surface area contributed by atoms with Crippen molar-refractivity contribution in [2.45, 2.75) is 45.9 Å². The number of halogens is 2. The number of carbonyl (C=O) groups excluding carboxylic acids is 1. The lowest BCUT2D eigenvalue weighted by Gasteiger charge is -2.26. The van der Waals surface area contributed by atoms with Crippen molar-refractivity contribution in [2.75, 3.05) is 22.9 Å². The van der Waals surface area contributed by atoms with Gasteiger partial charge in [-0.3, -0.25) is 23.7 Å². The Labute approximate surface area is 199 Å². The fraction of sp³-hybridized carbons (Fsp3) is 0.455. The van der Waals surface area contributed by atoms with Gasteiger partial charge in [0.15, 0.2) is 10.8 Å². The van der Waals surface area contributed by atoms with E-state index in [1.54, 1.807) is 18.2 Å². The van der Waals surface area contributed by atoms with Gasteiger partial charge in [0.2, 0.25) is 5.91 Å². The summed E-state index contributed by atoms with van der Waals surface area (Å²) in [7, 11) is 0. The largest absolute Gasteiger partial charge is 0.383 e. The third kappa shape index (κ3) is 5.32. The van der Waals surface area contributed by atoms with E-state index in [2.05, 4.69) is 9.97 Å². The van der Waals surface area contributed by atoms with Crippen LogP contribution in [0.4, 0.5) is 20.3 Å². The van der Waals surface area contributed by atoms with Crippen LogP contribution >= 0.6 is 11.8 Å². The molecule has 0 aliphatic carbocycles. The van der Waals surface area contributed by atoms with Crippen molar-refractivity contribution in [1.29, 1.82) is 0 Å². The van der Waals surface area contributed by atoms with Crippen molar-refractivity contribution in [3.63, 3.8) is 0 Å². The van der Waals surface area contributed by atoms with Gasteiger partial charge in [-0.2, -0.15) is 8.78 Å². The van der Waals surface area contributed by atoms with Crippen molar-refractivity contribution in [2.24, 2.45) is 11.8 Å². The Morgan fingerprint density at radius 1 is 1.18 bits per heavy atom. The van der Waals surface area contributed by atoms with Gasteiger partial charge < -0.3 is 10.6 Å². The van der Waals surface area contributed by atoms with E-state index in [1.165, 1.54) is 15.5 Å². The maximum absolute atomic E-state index is 13.7. The molecule has 1 amide bonds. The highest BCUT2D eigenvalue weighted by molar-refractivity contribution is 7.99. The first-order chi connectivity index (χ1) is 16.0. The number of nitrogens with zero attached hydrogens (tertiary/aromatic N) is 4. The quantitative estimate of drug-likeness (QED) is 0.441. The molecule has 0 fully saturated rings. The van der Waals surface area contributed by atoms with Crippen molar-refractivity contribution in [3.8, 4) is 0 Å². The van der Waals surface area contributed by atoms with E-state index in [4.69, 9.17) is 5.73 Å². The molecule has 3 N–H and O–H groups in total. The molecule has 3 aromatic rings. The minimum Gasteiger partial charge on any atom is -0.383 e. The van der Waals surface area contributed by atoms with Gasteiger partial charge in [0.1, 0.15) is 5.82 Å². The number of nitrogens with two attached hydrogens (primary N) is 1. The van der Waals surface area contributed by atoms with E-state index in [-0.39, 0.29) is 52.9 Å². The number of amides is 1. The molecule has 12 heteroatoms. The molecule has 0 radical (unpaired) electrons. The van der Waals surface area contributed by atoms with Crippen molar-refractivity contribution in [1.82, 2.24) is 19.1 Å². The van der Waals surface area contributed by atoms with Crippen molar-refractivity contribution < 1.29 is 13.6 Å². The van der Waals surface area contributed by atoms with Gasteiger partial charge >= 0.3 is 12.2 Å². The molecular weight excluding hydrogens is 466 g/mol. The molecule has 0 aliphatic rings. The Balaban J connectivity index is 1.97. The highest BCUT2D eigenvalue weighted by Gasteiger charge is 2.26. The number of anilines is 2. The summed E-state index contributed by atoms with van der Waals surface area (Å²) in [6, 6.07) is 6.47. The molecule has 184 valence electrons. The fourth-order valence-corrected chi connectivity index (χ4v) is 4.47. The SMILES string of the molecule is CC(C)CN(C(=O)CSc1nc2ccccc2n1C(F)F)c1c(N)n(CC(C)C)c(=O)[nH]c1=O. The van der Waals surface area contributed by atoms with Gasteiger partial charge in [0.05, 0.1) is 16.8 Å². The number of benzene rings is 1. The summed E-state index contributed by atoms with van der Waals surface area (Å²) in [6.45, 7) is 5.06. The monoisotopic (exact) mass is 494 g/mol. The van der Waals surface area contributed by atoms with E-state index < -0.39 is 23.7 Å². The maximum Gasteiger partial charge on any atom is 0.330 e. The minimum absolute atomic E-state index is 0.0132. The zero-order chi connectivity index (χ0) is 25.2. The molecule has 2 aromatic heterocycles. The third-order valence-corrected chi connectivity index (χ3v) is 5.90. The molecule has 0 saturated heterocycles. The van der Waals surface area contributed by atoms with Gasteiger partial charge in [-0.05, 0) is 24.0 Å². The summed E-state index contributed by atoms with van der Waals surface area (Å²) in [5.41, 5.74) is 5.29. The number of imidazole rings is 1. The zero-order valence-corrected chi connectivity index (χ0v) is 20.2. The molecule has 9 nitrogen and oxygen atoms in total. The van der Waals surface area contributed by atoms with Gasteiger partial charge in [-0.1, -0.05) is 51.6 Å². The number of nitrogens with one attached hydrogen (secondary N) is 1. The lowest BCUT2D eigenvalue weighted by Crippen LogP contribution is -2.43.